The van der Waals surface area contributed by atoms with E-state index in [2.05, 4.69) is 0 Å². The summed E-state index contributed by atoms with van der Waals surface area (Å²) in [6.45, 7) is 0.422. The molecule has 4 heteroatoms. The fourth-order valence-corrected chi connectivity index (χ4v) is 3.67. The first-order valence-corrected chi connectivity index (χ1v) is 8.70. The molecule has 1 saturated carbocycles. The first-order valence-electron chi connectivity index (χ1n) is 7.95. The Bertz CT molecular complexity index is 444. The van der Waals surface area contributed by atoms with Gasteiger partial charge in [0.25, 0.3) is 0 Å². The van der Waals surface area contributed by atoms with Crippen molar-refractivity contribution in [3.05, 3.63) is 33.8 Å². The summed E-state index contributed by atoms with van der Waals surface area (Å²) < 4.78 is 0. The minimum absolute atomic E-state index is 0.0666. The van der Waals surface area contributed by atoms with Crippen molar-refractivity contribution in [2.24, 2.45) is 11.7 Å². The molecule has 118 valence electrons. The third-order valence-corrected chi connectivity index (χ3v) is 5.38. The summed E-state index contributed by atoms with van der Waals surface area (Å²) in [6.07, 6.45) is 8.14. The predicted octanol–water partition coefficient (Wildman–Crippen LogP) is 4.76. The molecule has 21 heavy (non-hydrogen) atoms. The van der Waals surface area contributed by atoms with Crippen molar-refractivity contribution in [1.82, 2.24) is 0 Å². The van der Waals surface area contributed by atoms with E-state index in [4.69, 9.17) is 28.9 Å². The predicted molar refractivity (Wildman–Crippen MR) is 90.1 cm³/mol. The number of aliphatic hydroxyl groups excluding tert-OH is 1. The third-order valence-electron chi connectivity index (χ3n) is 4.64. The van der Waals surface area contributed by atoms with Crippen LogP contribution in [0.3, 0.4) is 0 Å². The fourth-order valence-electron chi connectivity index (χ4n) is 3.36. The number of hydrogen-bond donors (Lipinski definition) is 2. The van der Waals surface area contributed by atoms with Gasteiger partial charge in [-0.05, 0) is 30.0 Å². The molecule has 1 fully saturated rings. The average Bonchev–Trinajstić information content (AvgIpc) is 2.72. The van der Waals surface area contributed by atoms with Crippen LogP contribution in [0.15, 0.2) is 18.2 Å². The van der Waals surface area contributed by atoms with Crippen LogP contribution in [0.4, 0.5) is 0 Å². The van der Waals surface area contributed by atoms with E-state index >= 15 is 0 Å². The summed E-state index contributed by atoms with van der Waals surface area (Å²) in [6, 6.07) is 5.53. The van der Waals surface area contributed by atoms with E-state index in [9.17, 15) is 5.11 Å². The standard InChI is InChI=1S/C17H25Cl2NO/c18-15-8-7-13(10-16(15)19)14(11-20)17(21)9-12-5-3-1-2-4-6-12/h7-8,10,12,14,17,21H,1-6,9,11,20H2. The number of rotatable bonds is 5. The smallest absolute Gasteiger partial charge is 0.0623 e. The molecule has 1 aliphatic carbocycles. The number of nitrogens with two attached hydrogens (primary N) is 1. The summed E-state index contributed by atoms with van der Waals surface area (Å²) in [5.41, 5.74) is 6.87. The Labute approximate surface area is 137 Å². The van der Waals surface area contributed by atoms with Crippen LogP contribution in [-0.2, 0) is 0 Å². The molecule has 2 rings (SSSR count). The lowest BCUT2D eigenvalue weighted by atomic mass is 9.85. The van der Waals surface area contributed by atoms with Gasteiger partial charge in [-0.1, -0.05) is 67.8 Å². The summed E-state index contributed by atoms with van der Waals surface area (Å²) in [5.74, 6) is 0.558. The van der Waals surface area contributed by atoms with Crippen LogP contribution >= 0.6 is 23.2 Å². The van der Waals surface area contributed by atoms with Crippen molar-refractivity contribution in [2.75, 3.05) is 6.54 Å². The summed E-state index contributed by atoms with van der Waals surface area (Å²) in [5, 5.41) is 11.7. The minimum atomic E-state index is -0.407. The van der Waals surface area contributed by atoms with Gasteiger partial charge >= 0.3 is 0 Å². The number of halogens is 2. The van der Waals surface area contributed by atoms with E-state index in [0.717, 1.165) is 12.0 Å². The maximum absolute atomic E-state index is 10.6. The van der Waals surface area contributed by atoms with Crippen molar-refractivity contribution < 1.29 is 5.11 Å². The van der Waals surface area contributed by atoms with Gasteiger partial charge < -0.3 is 10.8 Å². The van der Waals surface area contributed by atoms with Gasteiger partial charge in [0.1, 0.15) is 0 Å². The highest BCUT2D eigenvalue weighted by atomic mass is 35.5. The van der Waals surface area contributed by atoms with Crippen LogP contribution in [0.1, 0.15) is 56.4 Å². The average molecular weight is 330 g/mol. The van der Waals surface area contributed by atoms with Gasteiger partial charge in [0.15, 0.2) is 0 Å². The maximum Gasteiger partial charge on any atom is 0.0623 e. The molecular formula is C17H25Cl2NO. The molecule has 2 unspecified atom stereocenters. The zero-order valence-corrected chi connectivity index (χ0v) is 13.9. The van der Waals surface area contributed by atoms with E-state index in [0.29, 0.717) is 22.5 Å². The first-order chi connectivity index (χ1) is 10.1. The Morgan fingerprint density at radius 1 is 1.10 bits per heavy atom. The van der Waals surface area contributed by atoms with Gasteiger partial charge in [-0.15, -0.1) is 0 Å². The lowest BCUT2D eigenvalue weighted by Crippen LogP contribution is -2.28. The fraction of sp³-hybridized carbons (Fsp3) is 0.647. The maximum atomic E-state index is 10.6. The third kappa shape index (κ3) is 4.85. The highest BCUT2D eigenvalue weighted by Crippen LogP contribution is 2.32. The van der Waals surface area contributed by atoms with Gasteiger partial charge in [0.2, 0.25) is 0 Å². The topological polar surface area (TPSA) is 46.2 Å². The molecular weight excluding hydrogens is 305 g/mol. The van der Waals surface area contributed by atoms with Gasteiger partial charge in [0.05, 0.1) is 16.1 Å². The summed E-state index contributed by atoms with van der Waals surface area (Å²) in [7, 11) is 0. The summed E-state index contributed by atoms with van der Waals surface area (Å²) in [4.78, 5) is 0. The monoisotopic (exact) mass is 329 g/mol. The molecule has 2 atom stereocenters. The van der Waals surface area contributed by atoms with Crippen molar-refractivity contribution >= 4 is 23.2 Å². The van der Waals surface area contributed by atoms with Crippen molar-refractivity contribution in [1.29, 1.82) is 0 Å². The van der Waals surface area contributed by atoms with Gasteiger partial charge in [0, 0.05) is 12.5 Å². The van der Waals surface area contributed by atoms with Crippen LogP contribution in [0.5, 0.6) is 0 Å². The minimum Gasteiger partial charge on any atom is -0.392 e. The molecule has 2 nitrogen and oxygen atoms in total. The molecule has 3 N–H and O–H groups in total. The van der Waals surface area contributed by atoms with Crippen molar-refractivity contribution in [2.45, 2.75) is 57.0 Å². The highest BCUT2D eigenvalue weighted by Gasteiger charge is 2.24. The van der Waals surface area contributed by atoms with E-state index in [1.165, 1.54) is 38.5 Å². The molecule has 1 aromatic rings. The molecule has 0 heterocycles. The van der Waals surface area contributed by atoms with Gasteiger partial charge in [-0.3, -0.25) is 0 Å². The molecule has 1 aromatic carbocycles. The Hall–Kier alpha value is -0.280. The molecule has 0 bridgehead atoms. The number of hydrogen-bond acceptors (Lipinski definition) is 2. The van der Waals surface area contributed by atoms with Crippen molar-refractivity contribution in [3.8, 4) is 0 Å². The molecule has 1 aliphatic rings. The normalized spacial score (nSPS) is 20.0. The Balaban J connectivity index is 2.03. The van der Waals surface area contributed by atoms with Gasteiger partial charge in [-0.2, -0.15) is 0 Å². The lowest BCUT2D eigenvalue weighted by molar-refractivity contribution is 0.112. The SMILES string of the molecule is NCC(c1ccc(Cl)c(Cl)c1)C(O)CC1CCCCCC1. The first kappa shape index (κ1) is 17.1. The van der Waals surface area contributed by atoms with Crippen LogP contribution in [0.25, 0.3) is 0 Å². The number of benzene rings is 1. The Kier molecular flexibility index (Phi) is 6.81. The largest absolute Gasteiger partial charge is 0.392 e. The lowest BCUT2D eigenvalue weighted by Gasteiger charge is -2.26. The quantitative estimate of drug-likeness (QED) is 0.765. The van der Waals surface area contributed by atoms with E-state index in [1.54, 1.807) is 6.07 Å². The van der Waals surface area contributed by atoms with Crippen LogP contribution in [0.2, 0.25) is 10.0 Å². The van der Waals surface area contributed by atoms with Crippen LogP contribution < -0.4 is 5.73 Å². The second kappa shape index (κ2) is 8.38. The van der Waals surface area contributed by atoms with E-state index in [1.807, 2.05) is 12.1 Å². The molecule has 0 radical (unpaired) electrons. The molecule has 0 aliphatic heterocycles. The van der Waals surface area contributed by atoms with Crippen LogP contribution in [0, 0.1) is 5.92 Å². The molecule has 0 amide bonds. The summed E-state index contributed by atoms with van der Waals surface area (Å²) >= 11 is 12.0. The van der Waals surface area contributed by atoms with Crippen molar-refractivity contribution in [3.63, 3.8) is 0 Å². The number of aliphatic hydroxyl groups is 1. The second-order valence-corrected chi connectivity index (χ2v) is 6.99. The highest BCUT2D eigenvalue weighted by molar-refractivity contribution is 6.42. The second-order valence-electron chi connectivity index (χ2n) is 6.18. The Morgan fingerprint density at radius 2 is 1.76 bits per heavy atom. The Morgan fingerprint density at radius 3 is 2.33 bits per heavy atom. The van der Waals surface area contributed by atoms with Gasteiger partial charge in [-0.25, -0.2) is 0 Å². The van der Waals surface area contributed by atoms with Crippen LogP contribution in [-0.4, -0.2) is 17.8 Å². The molecule has 0 saturated heterocycles. The zero-order valence-electron chi connectivity index (χ0n) is 12.4. The van der Waals surface area contributed by atoms with E-state index in [-0.39, 0.29) is 5.92 Å². The van der Waals surface area contributed by atoms with E-state index < -0.39 is 6.10 Å². The zero-order chi connectivity index (χ0) is 15.2. The molecule has 0 aromatic heterocycles. The molecule has 0 spiro atoms.